The summed E-state index contributed by atoms with van der Waals surface area (Å²) in [5.74, 6) is 0. The van der Waals surface area contributed by atoms with Crippen LogP contribution in [0.1, 0.15) is 23.1 Å². The Bertz CT molecular complexity index is 877. The van der Waals surface area contributed by atoms with Crippen molar-refractivity contribution < 1.29 is 23.0 Å². The number of hydrogen-bond donors (Lipinski definition) is 1. The highest BCUT2D eigenvalue weighted by Crippen LogP contribution is 2.42. The summed E-state index contributed by atoms with van der Waals surface area (Å²) in [6.45, 7) is 0. The minimum atomic E-state index is -4.94. The highest BCUT2D eigenvalue weighted by atomic mass is 19.4. The van der Waals surface area contributed by atoms with Gasteiger partial charge in [-0.2, -0.15) is 13.2 Å². The summed E-state index contributed by atoms with van der Waals surface area (Å²) in [6.07, 6.45) is -2.28. The van der Waals surface area contributed by atoms with Crippen LogP contribution in [0.15, 0.2) is 30.3 Å². The fraction of sp³-hybridized carbons (Fsp3) is 0.250. The van der Waals surface area contributed by atoms with Gasteiger partial charge in [0.2, 0.25) is 0 Å². The Morgan fingerprint density at radius 2 is 1.50 bits per heavy atom. The first-order valence-electron chi connectivity index (χ1n) is 7.59. The normalized spacial score (nSPS) is 13.3. The maximum absolute atomic E-state index is 12.9. The smallest absolute Gasteiger partial charge is 0.344 e. The van der Waals surface area contributed by atoms with Crippen molar-refractivity contribution in [2.45, 2.75) is 25.4 Å². The number of benzene rings is 2. The predicted octanol–water partition coefficient (Wildman–Crippen LogP) is 4.75. The number of nitrogens with zero attached hydrogens (tertiary/aromatic N) is 2. The van der Waals surface area contributed by atoms with Crippen LogP contribution in [0.5, 0.6) is 0 Å². The van der Waals surface area contributed by atoms with Gasteiger partial charge >= 0.3 is 6.18 Å². The first-order chi connectivity index (χ1) is 12.2. The van der Waals surface area contributed by atoms with E-state index < -0.39 is 38.6 Å². The van der Waals surface area contributed by atoms with Gasteiger partial charge in [0.25, 0.3) is 11.4 Å². The molecule has 0 saturated heterocycles. The van der Waals surface area contributed by atoms with E-state index in [1.807, 2.05) is 0 Å². The molecular weight excluding hydrogens is 355 g/mol. The second-order valence-electron chi connectivity index (χ2n) is 5.86. The zero-order valence-electron chi connectivity index (χ0n) is 13.2. The lowest BCUT2D eigenvalue weighted by molar-refractivity contribution is -0.392. The molecule has 0 atom stereocenters. The van der Waals surface area contributed by atoms with E-state index in [-0.39, 0.29) is 0 Å². The number of halogens is 3. The molecule has 0 unspecified atom stereocenters. The number of alkyl halides is 3. The lowest BCUT2D eigenvalue weighted by Crippen LogP contribution is -2.09. The Morgan fingerprint density at radius 3 is 2.04 bits per heavy atom. The number of fused-ring (bicyclic) bond motifs is 1. The molecule has 10 heteroatoms. The van der Waals surface area contributed by atoms with Gasteiger partial charge in [-0.1, -0.05) is 6.07 Å². The van der Waals surface area contributed by atoms with Crippen molar-refractivity contribution in [2.24, 2.45) is 0 Å². The number of aryl methyl sites for hydroxylation is 2. The molecule has 0 heterocycles. The summed E-state index contributed by atoms with van der Waals surface area (Å²) in [5, 5.41) is 25.0. The van der Waals surface area contributed by atoms with Crippen LogP contribution in [0.2, 0.25) is 0 Å². The Morgan fingerprint density at radius 1 is 0.923 bits per heavy atom. The van der Waals surface area contributed by atoms with Crippen molar-refractivity contribution in [3.05, 3.63) is 67.3 Å². The lowest BCUT2D eigenvalue weighted by Gasteiger charge is -2.12. The van der Waals surface area contributed by atoms with Crippen LogP contribution in [-0.2, 0) is 19.0 Å². The summed E-state index contributed by atoms with van der Waals surface area (Å²) in [4.78, 5) is 20.3. The maximum atomic E-state index is 12.9. The Balaban J connectivity index is 2.12. The van der Waals surface area contributed by atoms with Gasteiger partial charge in [-0.3, -0.25) is 20.2 Å². The van der Waals surface area contributed by atoms with E-state index in [0.29, 0.717) is 17.8 Å². The molecule has 3 rings (SSSR count). The molecule has 136 valence electrons. The average Bonchev–Trinajstić information content (AvgIpc) is 3.01. The minimum Gasteiger partial charge on any atom is -0.344 e. The number of rotatable bonds is 4. The standard InChI is InChI=1S/C16H12F3N3O4/c17-16(18,19)11-7-13(21(23)24)15(14(8-11)22(25)26)20-12-5-4-9-2-1-3-10(9)6-12/h4-8,20H,1-3H2. The molecule has 0 radical (unpaired) electrons. The number of hydrogen-bond acceptors (Lipinski definition) is 5. The largest absolute Gasteiger partial charge is 0.416 e. The summed E-state index contributed by atoms with van der Waals surface area (Å²) >= 11 is 0. The maximum Gasteiger partial charge on any atom is 0.416 e. The Labute approximate surface area is 144 Å². The van der Waals surface area contributed by atoms with Gasteiger partial charge in [-0.15, -0.1) is 0 Å². The van der Waals surface area contributed by atoms with Crippen LogP contribution < -0.4 is 5.32 Å². The van der Waals surface area contributed by atoms with E-state index >= 15 is 0 Å². The monoisotopic (exact) mass is 367 g/mol. The number of anilines is 2. The van der Waals surface area contributed by atoms with Crippen molar-refractivity contribution in [1.29, 1.82) is 0 Å². The van der Waals surface area contributed by atoms with Gasteiger partial charge in [0.05, 0.1) is 15.4 Å². The zero-order chi connectivity index (χ0) is 19.1. The van der Waals surface area contributed by atoms with Gasteiger partial charge in [0.15, 0.2) is 5.69 Å². The zero-order valence-corrected chi connectivity index (χ0v) is 13.2. The van der Waals surface area contributed by atoms with Gasteiger partial charge < -0.3 is 5.32 Å². The second-order valence-corrected chi connectivity index (χ2v) is 5.86. The molecular formula is C16H12F3N3O4. The number of nitro groups is 2. The van der Waals surface area contributed by atoms with Crippen LogP contribution in [0.25, 0.3) is 0 Å². The van der Waals surface area contributed by atoms with E-state index in [1.165, 1.54) is 0 Å². The molecule has 2 aromatic carbocycles. The molecule has 0 aliphatic heterocycles. The van der Waals surface area contributed by atoms with Crippen LogP contribution in [-0.4, -0.2) is 9.85 Å². The average molecular weight is 367 g/mol. The van der Waals surface area contributed by atoms with Crippen LogP contribution in [0, 0.1) is 20.2 Å². The number of nitro benzene ring substituents is 2. The van der Waals surface area contributed by atoms with Gasteiger partial charge in [-0.25, -0.2) is 0 Å². The van der Waals surface area contributed by atoms with E-state index in [0.717, 1.165) is 30.4 Å². The second kappa shape index (κ2) is 6.28. The van der Waals surface area contributed by atoms with Gasteiger partial charge in [-0.05, 0) is 42.5 Å². The lowest BCUT2D eigenvalue weighted by atomic mass is 10.1. The van der Waals surface area contributed by atoms with Crippen LogP contribution >= 0.6 is 0 Å². The van der Waals surface area contributed by atoms with Crippen LogP contribution in [0.3, 0.4) is 0 Å². The summed E-state index contributed by atoms with van der Waals surface area (Å²) in [5.41, 5.74) is -1.57. The fourth-order valence-corrected chi connectivity index (χ4v) is 2.99. The molecule has 0 aromatic heterocycles. The molecule has 0 amide bonds. The molecule has 1 aliphatic rings. The quantitative estimate of drug-likeness (QED) is 0.621. The molecule has 0 fully saturated rings. The topological polar surface area (TPSA) is 98.3 Å². The minimum absolute atomic E-state index is 0.294. The van der Waals surface area contributed by atoms with Gasteiger partial charge in [0, 0.05) is 17.8 Å². The van der Waals surface area contributed by atoms with Crippen molar-refractivity contribution in [3.63, 3.8) is 0 Å². The molecule has 1 N–H and O–H groups in total. The molecule has 1 aliphatic carbocycles. The van der Waals surface area contributed by atoms with E-state index in [1.54, 1.807) is 18.2 Å². The van der Waals surface area contributed by atoms with E-state index in [2.05, 4.69) is 5.32 Å². The SMILES string of the molecule is O=[N+]([O-])c1cc(C(F)(F)F)cc([N+](=O)[O-])c1Nc1ccc2c(c1)CCC2. The molecule has 0 spiro atoms. The Hall–Kier alpha value is -3.17. The van der Waals surface area contributed by atoms with Crippen molar-refractivity contribution in [3.8, 4) is 0 Å². The third-order valence-corrected chi connectivity index (χ3v) is 4.19. The molecule has 2 aromatic rings. The van der Waals surface area contributed by atoms with Crippen molar-refractivity contribution >= 4 is 22.7 Å². The fourth-order valence-electron chi connectivity index (χ4n) is 2.99. The van der Waals surface area contributed by atoms with E-state index in [9.17, 15) is 33.4 Å². The molecule has 7 nitrogen and oxygen atoms in total. The predicted molar refractivity (Wildman–Crippen MR) is 86.5 cm³/mol. The van der Waals surface area contributed by atoms with Crippen molar-refractivity contribution in [1.82, 2.24) is 0 Å². The van der Waals surface area contributed by atoms with Gasteiger partial charge in [0.1, 0.15) is 0 Å². The first kappa shape index (κ1) is 17.6. The highest BCUT2D eigenvalue weighted by Gasteiger charge is 2.37. The Kier molecular flexibility index (Phi) is 4.26. The third-order valence-electron chi connectivity index (χ3n) is 4.19. The highest BCUT2D eigenvalue weighted by molar-refractivity contribution is 5.80. The summed E-state index contributed by atoms with van der Waals surface area (Å²) < 4.78 is 38.8. The summed E-state index contributed by atoms with van der Waals surface area (Å²) in [7, 11) is 0. The first-order valence-corrected chi connectivity index (χ1v) is 7.59. The molecule has 0 bridgehead atoms. The van der Waals surface area contributed by atoms with E-state index in [4.69, 9.17) is 0 Å². The molecule has 26 heavy (non-hydrogen) atoms. The third kappa shape index (κ3) is 3.30. The number of nitrogens with one attached hydrogen (secondary N) is 1. The van der Waals surface area contributed by atoms with Crippen LogP contribution in [0.4, 0.5) is 35.9 Å². The summed E-state index contributed by atoms with van der Waals surface area (Å²) in [6, 6.07) is 5.68. The molecule has 0 saturated carbocycles. The van der Waals surface area contributed by atoms with Crippen molar-refractivity contribution in [2.75, 3.05) is 5.32 Å².